The highest BCUT2D eigenvalue weighted by Gasteiger charge is 2.19. The van der Waals surface area contributed by atoms with Crippen LogP contribution in [0.25, 0.3) is 0 Å². The lowest BCUT2D eigenvalue weighted by Crippen LogP contribution is -2.08. The minimum absolute atomic E-state index is 0.250. The molecule has 0 unspecified atom stereocenters. The van der Waals surface area contributed by atoms with Gasteiger partial charge in [-0.25, -0.2) is 0 Å². The highest BCUT2D eigenvalue weighted by molar-refractivity contribution is 8.16. The molecule has 1 aliphatic carbocycles. The average molecular weight is 249 g/mol. The van der Waals surface area contributed by atoms with Gasteiger partial charge in [0.15, 0.2) is 0 Å². The maximum atomic E-state index is 11.3. The molecule has 1 heterocycles. The number of hydrogen-bond donors (Lipinski definition) is 0. The Morgan fingerprint density at radius 1 is 1.07 bits per heavy atom. The van der Waals surface area contributed by atoms with Gasteiger partial charge in [0.2, 0.25) is 5.78 Å². The number of carbonyl (C=O) groups is 1. The van der Waals surface area contributed by atoms with Crippen molar-refractivity contribution in [1.29, 1.82) is 0 Å². The first-order chi connectivity index (χ1) is 6.68. The van der Waals surface area contributed by atoms with E-state index in [2.05, 4.69) is 0 Å². The molecule has 0 bridgehead atoms. The second kappa shape index (κ2) is 4.21. The summed E-state index contributed by atoms with van der Waals surface area (Å²) in [6.07, 6.45) is 6.11. The van der Waals surface area contributed by atoms with E-state index in [0.29, 0.717) is 0 Å². The van der Waals surface area contributed by atoms with Gasteiger partial charge in [0, 0.05) is 4.86 Å². The number of ketones is 1. The maximum absolute atomic E-state index is 11.3. The molecule has 0 aromatic heterocycles. The van der Waals surface area contributed by atoms with E-state index >= 15 is 0 Å². The van der Waals surface area contributed by atoms with Crippen LogP contribution in [-0.2, 0) is 4.79 Å². The van der Waals surface area contributed by atoms with Gasteiger partial charge in [-0.3, -0.25) is 4.79 Å². The van der Waals surface area contributed by atoms with Crippen LogP contribution in [0.1, 0.15) is 12.8 Å². The van der Waals surface area contributed by atoms with E-state index in [1.54, 1.807) is 12.2 Å². The number of allylic oxidation sites excluding steroid dienone is 4. The van der Waals surface area contributed by atoms with Gasteiger partial charge >= 0.3 is 0 Å². The second-order valence-corrected chi connectivity index (χ2v) is 6.41. The predicted molar refractivity (Wildman–Crippen MR) is 64.4 cm³/mol. The molecule has 1 fully saturated rings. The smallest absolute Gasteiger partial charge is 0.215 e. The summed E-state index contributed by atoms with van der Waals surface area (Å²) >= 11 is 11.6. The molecule has 4 heteroatoms. The molecule has 1 saturated heterocycles. The standard InChI is InChI=1S/C10H10Cl2OS/c11-8-5-7(6-9(12)10(8)13)14-3-1-2-4-14/h5-6H,1-4H2. The highest BCUT2D eigenvalue weighted by atomic mass is 35.5. The first-order valence-corrected chi connectivity index (χ1v) is 6.84. The van der Waals surface area contributed by atoms with E-state index in [0.717, 1.165) is 4.86 Å². The fraction of sp³-hybridized carbons (Fsp3) is 0.400. The van der Waals surface area contributed by atoms with Crippen molar-refractivity contribution in [1.82, 2.24) is 0 Å². The number of hydrogen-bond acceptors (Lipinski definition) is 1. The molecule has 0 atom stereocenters. The summed E-state index contributed by atoms with van der Waals surface area (Å²) in [7, 11) is 0.273. The largest absolute Gasteiger partial charge is 0.287 e. The molecule has 2 rings (SSSR count). The molecule has 0 aromatic rings. The summed E-state index contributed by atoms with van der Waals surface area (Å²) in [5.41, 5.74) is 0. The van der Waals surface area contributed by atoms with Gasteiger partial charge in [0.1, 0.15) is 0 Å². The Kier molecular flexibility index (Phi) is 3.15. The Labute approximate surface area is 95.7 Å². The van der Waals surface area contributed by atoms with Crippen LogP contribution in [0, 0.1) is 0 Å². The summed E-state index contributed by atoms with van der Waals surface area (Å²) in [4.78, 5) is 12.4. The molecule has 1 nitrogen and oxygen atoms in total. The van der Waals surface area contributed by atoms with Crippen molar-refractivity contribution in [3.63, 3.8) is 0 Å². The van der Waals surface area contributed by atoms with Crippen LogP contribution in [0.15, 0.2) is 22.2 Å². The van der Waals surface area contributed by atoms with Crippen LogP contribution < -0.4 is 0 Å². The van der Waals surface area contributed by atoms with E-state index in [1.165, 1.54) is 24.3 Å². The van der Waals surface area contributed by atoms with Crippen molar-refractivity contribution in [2.24, 2.45) is 0 Å². The molecule has 0 radical (unpaired) electrons. The van der Waals surface area contributed by atoms with Gasteiger partial charge in [-0.1, -0.05) is 23.2 Å². The number of carbonyl (C=O) groups excluding carboxylic acids is 1. The summed E-state index contributed by atoms with van der Waals surface area (Å²) in [5.74, 6) is 2.18. The molecule has 2 aliphatic rings. The lowest BCUT2D eigenvalue weighted by atomic mass is 10.2. The van der Waals surface area contributed by atoms with Gasteiger partial charge in [-0.05, 0) is 36.5 Å². The zero-order chi connectivity index (χ0) is 10.1. The Hall–Kier alpha value is -0.0500. The van der Waals surface area contributed by atoms with Crippen LogP contribution in [0.5, 0.6) is 0 Å². The molecule has 1 aliphatic heterocycles. The fourth-order valence-electron chi connectivity index (χ4n) is 1.59. The van der Waals surface area contributed by atoms with Gasteiger partial charge in [-0.15, -0.1) is 0 Å². The number of rotatable bonds is 0. The van der Waals surface area contributed by atoms with Gasteiger partial charge < -0.3 is 0 Å². The van der Waals surface area contributed by atoms with Crippen molar-refractivity contribution >= 4 is 44.3 Å². The SMILES string of the molecule is O=C1C(Cl)=CC(=S2CCCC2)C=C1Cl. The normalized spacial score (nSPS) is 23.9. The predicted octanol–water partition coefficient (Wildman–Crippen LogP) is 3.05. The first-order valence-electron chi connectivity index (χ1n) is 4.52. The number of Topliss-reactive ketones (excluding diaryl/α,β-unsaturated/α-hetero) is 1. The lowest BCUT2D eigenvalue weighted by molar-refractivity contribution is -0.111. The molecule has 0 amide bonds. The molecule has 0 aromatic carbocycles. The quantitative estimate of drug-likeness (QED) is 0.603. The zero-order valence-corrected chi connectivity index (χ0v) is 9.88. The van der Waals surface area contributed by atoms with E-state index in [1.807, 2.05) is 0 Å². The molecular weight excluding hydrogens is 239 g/mol. The Morgan fingerprint density at radius 2 is 1.57 bits per heavy atom. The first kappa shape index (κ1) is 10.5. The third-order valence-corrected chi connectivity index (χ3v) is 5.36. The monoisotopic (exact) mass is 248 g/mol. The van der Waals surface area contributed by atoms with Gasteiger partial charge in [-0.2, -0.15) is 10.5 Å². The molecule has 14 heavy (non-hydrogen) atoms. The molecule has 76 valence electrons. The van der Waals surface area contributed by atoms with Gasteiger partial charge in [0.05, 0.1) is 10.1 Å². The molecular formula is C10H10Cl2OS. The van der Waals surface area contributed by atoms with Crippen LogP contribution >= 0.6 is 33.7 Å². The van der Waals surface area contributed by atoms with Crippen molar-refractivity contribution in [3.05, 3.63) is 22.2 Å². The van der Waals surface area contributed by atoms with Crippen LogP contribution in [0.3, 0.4) is 0 Å². The zero-order valence-electron chi connectivity index (χ0n) is 7.56. The van der Waals surface area contributed by atoms with E-state index in [4.69, 9.17) is 23.2 Å². The third-order valence-electron chi connectivity index (χ3n) is 2.34. The second-order valence-electron chi connectivity index (χ2n) is 3.32. The highest BCUT2D eigenvalue weighted by Crippen LogP contribution is 2.31. The summed E-state index contributed by atoms with van der Waals surface area (Å²) in [6, 6.07) is 0. The van der Waals surface area contributed by atoms with Crippen LogP contribution in [0.2, 0.25) is 0 Å². The van der Waals surface area contributed by atoms with Gasteiger partial charge in [0.25, 0.3) is 0 Å². The maximum Gasteiger partial charge on any atom is 0.215 e. The van der Waals surface area contributed by atoms with Crippen molar-refractivity contribution < 1.29 is 4.79 Å². The van der Waals surface area contributed by atoms with Crippen LogP contribution in [0.4, 0.5) is 0 Å². The van der Waals surface area contributed by atoms with E-state index < -0.39 is 0 Å². The van der Waals surface area contributed by atoms with Crippen LogP contribution in [-0.4, -0.2) is 22.2 Å². The van der Waals surface area contributed by atoms with Crippen molar-refractivity contribution in [2.75, 3.05) is 11.5 Å². The number of halogens is 2. The molecule has 0 spiro atoms. The third kappa shape index (κ3) is 1.97. The van der Waals surface area contributed by atoms with E-state index in [-0.39, 0.29) is 26.3 Å². The van der Waals surface area contributed by atoms with E-state index in [9.17, 15) is 4.79 Å². The minimum atomic E-state index is -0.250. The van der Waals surface area contributed by atoms with Crippen molar-refractivity contribution in [2.45, 2.75) is 12.8 Å². The Balaban J connectivity index is 2.39. The molecule has 0 saturated carbocycles. The summed E-state index contributed by atoms with van der Waals surface area (Å²) in [6.45, 7) is 0. The fourth-order valence-corrected chi connectivity index (χ4v) is 4.56. The Morgan fingerprint density at radius 3 is 2.07 bits per heavy atom. The molecule has 0 N–H and O–H groups in total. The lowest BCUT2D eigenvalue weighted by Gasteiger charge is -2.10. The summed E-state index contributed by atoms with van der Waals surface area (Å²) < 4.78 is 0. The summed E-state index contributed by atoms with van der Waals surface area (Å²) in [5, 5.41) is 0.513. The topological polar surface area (TPSA) is 17.1 Å². The minimum Gasteiger partial charge on any atom is -0.287 e. The van der Waals surface area contributed by atoms with Crippen molar-refractivity contribution in [3.8, 4) is 0 Å². The Bertz CT molecular complexity index is 348. The average Bonchev–Trinajstić information content (AvgIpc) is 2.66.